The van der Waals surface area contributed by atoms with Crippen LogP contribution in [-0.4, -0.2) is 13.1 Å². The average Bonchev–Trinajstić information content (AvgIpc) is 2.76. The fourth-order valence-electron chi connectivity index (χ4n) is 2.82. The lowest BCUT2D eigenvalue weighted by molar-refractivity contribution is 0.349. The van der Waals surface area contributed by atoms with Gasteiger partial charge in [-0.05, 0) is 49.5 Å². The normalized spacial score (nSPS) is 23.9. The maximum Gasteiger partial charge on any atom is 0.137 e. The Labute approximate surface area is 118 Å². The number of hydrogen-bond donors (Lipinski definition) is 1. The van der Waals surface area contributed by atoms with Crippen LogP contribution in [0.2, 0.25) is 5.02 Å². The molecule has 0 bridgehead atoms. The second-order valence-electron chi connectivity index (χ2n) is 4.91. The molecule has 1 aromatic carbocycles. The lowest BCUT2D eigenvalue weighted by Gasteiger charge is -2.30. The molecule has 0 spiro atoms. The summed E-state index contributed by atoms with van der Waals surface area (Å²) in [5.74, 6) is 1.17. The van der Waals surface area contributed by atoms with Crippen LogP contribution in [0.5, 0.6) is 0 Å². The van der Waals surface area contributed by atoms with Crippen LogP contribution in [0.4, 0.5) is 0 Å². The number of hydrogen-bond acceptors (Lipinski definition) is 2. The minimum absolute atomic E-state index is 0. The van der Waals surface area contributed by atoms with Gasteiger partial charge >= 0.3 is 0 Å². The molecule has 1 fully saturated rings. The Bertz CT molecular complexity index is 538. The third-order valence-corrected chi connectivity index (χ3v) is 3.95. The van der Waals surface area contributed by atoms with Crippen molar-refractivity contribution in [2.45, 2.75) is 19.3 Å². The van der Waals surface area contributed by atoms with Crippen LogP contribution in [0.15, 0.2) is 28.9 Å². The van der Waals surface area contributed by atoms with Gasteiger partial charge in [-0.1, -0.05) is 18.5 Å². The van der Waals surface area contributed by atoms with Gasteiger partial charge in [-0.3, -0.25) is 0 Å². The summed E-state index contributed by atoms with van der Waals surface area (Å²) in [7, 11) is 0. The summed E-state index contributed by atoms with van der Waals surface area (Å²) in [6.45, 7) is 4.43. The zero-order chi connectivity index (χ0) is 11.8. The van der Waals surface area contributed by atoms with E-state index in [1.165, 1.54) is 5.56 Å². The van der Waals surface area contributed by atoms with Crippen LogP contribution in [0.3, 0.4) is 0 Å². The quantitative estimate of drug-likeness (QED) is 0.849. The summed E-state index contributed by atoms with van der Waals surface area (Å²) in [6.07, 6.45) is 2.90. The topological polar surface area (TPSA) is 25.2 Å². The van der Waals surface area contributed by atoms with Gasteiger partial charge in [0.2, 0.25) is 0 Å². The Balaban J connectivity index is 0.00000120. The molecule has 1 saturated heterocycles. The van der Waals surface area contributed by atoms with E-state index in [-0.39, 0.29) is 12.4 Å². The first-order valence-corrected chi connectivity index (χ1v) is 6.51. The maximum atomic E-state index is 6.19. The molecular weight excluding hydrogens is 269 g/mol. The van der Waals surface area contributed by atoms with Crippen LogP contribution in [0.25, 0.3) is 11.0 Å². The number of furan rings is 1. The van der Waals surface area contributed by atoms with Crippen molar-refractivity contribution < 1.29 is 4.42 Å². The first kappa shape index (κ1) is 13.7. The van der Waals surface area contributed by atoms with E-state index < -0.39 is 0 Å². The highest BCUT2D eigenvalue weighted by molar-refractivity contribution is 6.31. The van der Waals surface area contributed by atoms with E-state index in [1.807, 2.05) is 12.1 Å². The number of piperidine rings is 1. The van der Waals surface area contributed by atoms with Gasteiger partial charge in [-0.15, -0.1) is 12.4 Å². The molecule has 1 aromatic heterocycles. The van der Waals surface area contributed by atoms with Gasteiger partial charge in [-0.2, -0.15) is 0 Å². The monoisotopic (exact) mass is 285 g/mol. The van der Waals surface area contributed by atoms with Crippen molar-refractivity contribution in [3.05, 3.63) is 35.0 Å². The van der Waals surface area contributed by atoms with Crippen LogP contribution in [-0.2, 0) is 0 Å². The molecule has 1 N–H and O–H groups in total. The minimum Gasteiger partial charge on any atom is -0.464 e. The SMILES string of the molecule is C[C@H]1CNCC[C@H]1c1cc(Cl)cc2ccoc12.Cl. The third kappa shape index (κ3) is 2.37. The van der Waals surface area contributed by atoms with E-state index in [9.17, 15) is 0 Å². The predicted octanol–water partition coefficient (Wildman–Crippen LogP) is 4.22. The summed E-state index contributed by atoms with van der Waals surface area (Å²) in [4.78, 5) is 0. The summed E-state index contributed by atoms with van der Waals surface area (Å²) in [6, 6.07) is 6.02. The van der Waals surface area contributed by atoms with Crippen molar-refractivity contribution in [3.8, 4) is 0 Å². The summed E-state index contributed by atoms with van der Waals surface area (Å²) in [5.41, 5.74) is 2.28. The number of nitrogens with one attached hydrogen (secondary N) is 1. The number of rotatable bonds is 1. The molecule has 0 radical (unpaired) electrons. The zero-order valence-electron chi connectivity index (χ0n) is 10.3. The number of benzene rings is 1. The molecule has 2 atom stereocenters. The first-order valence-electron chi connectivity index (χ1n) is 6.13. The zero-order valence-corrected chi connectivity index (χ0v) is 11.9. The van der Waals surface area contributed by atoms with Crippen molar-refractivity contribution in [1.82, 2.24) is 5.32 Å². The van der Waals surface area contributed by atoms with E-state index in [1.54, 1.807) is 6.26 Å². The van der Waals surface area contributed by atoms with Gasteiger partial charge in [0.25, 0.3) is 0 Å². The summed E-state index contributed by atoms with van der Waals surface area (Å²) in [5, 5.41) is 5.34. The van der Waals surface area contributed by atoms with Crippen molar-refractivity contribution >= 4 is 35.0 Å². The van der Waals surface area contributed by atoms with Crippen LogP contribution in [0.1, 0.15) is 24.8 Å². The molecule has 0 unspecified atom stereocenters. The van der Waals surface area contributed by atoms with Crippen molar-refractivity contribution in [3.63, 3.8) is 0 Å². The second-order valence-corrected chi connectivity index (χ2v) is 5.35. The number of halogens is 2. The summed E-state index contributed by atoms with van der Waals surface area (Å²) < 4.78 is 5.63. The van der Waals surface area contributed by atoms with Crippen LogP contribution in [0, 0.1) is 5.92 Å². The van der Waals surface area contributed by atoms with Crippen molar-refractivity contribution in [2.24, 2.45) is 5.92 Å². The Morgan fingerprint density at radius 1 is 1.39 bits per heavy atom. The van der Waals surface area contributed by atoms with E-state index in [0.717, 1.165) is 35.5 Å². The Morgan fingerprint density at radius 3 is 3.00 bits per heavy atom. The second kappa shape index (κ2) is 5.52. The van der Waals surface area contributed by atoms with Gasteiger partial charge in [0, 0.05) is 16.0 Å². The molecule has 98 valence electrons. The Hall–Kier alpha value is -0.700. The summed E-state index contributed by atoms with van der Waals surface area (Å²) >= 11 is 6.19. The molecule has 4 heteroatoms. The van der Waals surface area contributed by atoms with Gasteiger partial charge in [0.05, 0.1) is 6.26 Å². The average molecular weight is 286 g/mol. The van der Waals surface area contributed by atoms with Crippen molar-refractivity contribution in [2.75, 3.05) is 13.1 Å². The molecular formula is C14H17Cl2NO. The molecule has 1 aliphatic heterocycles. The smallest absolute Gasteiger partial charge is 0.137 e. The molecule has 0 saturated carbocycles. The highest BCUT2D eigenvalue weighted by atomic mass is 35.5. The lowest BCUT2D eigenvalue weighted by atomic mass is 9.82. The van der Waals surface area contributed by atoms with Crippen molar-refractivity contribution in [1.29, 1.82) is 0 Å². The largest absolute Gasteiger partial charge is 0.464 e. The predicted molar refractivity (Wildman–Crippen MR) is 77.9 cm³/mol. The van der Waals surface area contributed by atoms with Gasteiger partial charge < -0.3 is 9.73 Å². The fourth-order valence-corrected chi connectivity index (χ4v) is 3.06. The highest BCUT2D eigenvalue weighted by Crippen LogP contribution is 2.36. The minimum atomic E-state index is 0. The van der Waals surface area contributed by atoms with Crippen LogP contribution < -0.4 is 5.32 Å². The molecule has 0 aliphatic carbocycles. The van der Waals surface area contributed by atoms with E-state index in [4.69, 9.17) is 16.0 Å². The molecule has 18 heavy (non-hydrogen) atoms. The molecule has 2 heterocycles. The van der Waals surface area contributed by atoms with E-state index >= 15 is 0 Å². The standard InChI is InChI=1S/C14H16ClNO.ClH/c1-9-8-16-4-2-12(9)13-7-11(15)6-10-3-5-17-14(10)13;/h3,5-7,9,12,16H,2,4,8H2,1H3;1H/t9-,12+;/m0./s1. The Morgan fingerprint density at radius 2 is 2.22 bits per heavy atom. The highest BCUT2D eigenvalue weighted by Gasteiger charge is 2.25. The maximum absolute atomic E-state index is 6.19. The fraction of sp³-hybridized carbons (Fsp3) is 0.429. The van der Waals surface area contributed by atoms with Gasteiger partial charge in [0.1, 0.15) is 5.58 Å². The number of fused-ring (bicyclic) bond motifs is 1. The van der Waals surface area contributed by atoms with Crippen LogP contribution >= 0.6 is 24.0 Å². The molecule has 2 nitrogen and oxygen atoms in total. The molecule has 0 amide bonds. The molecule has 2 aromatic rings. The van der Waals surface area contributed by atoms with Gasteiger partial charge in [0.15, 0.2) is 0 Å². The molecule has 1 aliphatic rings. The molecule has 3 rings (SSSR count). The van der Waals surface area contributed by atoms with Gasteiger partial charge in [-0.25, -0.2) is 0 Å². The lowest BCUT2D eigenvalue weighted by Crippen LogP contribution is -2.33. The third-order valence-electron chi connectivity index (χ3n) is 3.73. The first-order chi connectivity index (χ1) is 8.25. The Kier molecular flexibility index (Phi) is 4.21. The van der Waals surface area contributed by atoms with E-state index in [0.29, 0.717) is 11.8 Å². The van der Waals surface area contributed by atoms with E-state index in [2.05, 4.69) is 18.3 Å².